The maximum absolute atomic E-state index is 10.6. The molecule has 2 aromatic rings. The van der Waals surface area contributed by atoms with E-state index in [0.29, 0.717) is 16.5 Å². The molecule has 7 nitrogen and oxygen atoms in total. The molecular weight excluding hydrogens is 260 g/mol. The Labute approximate surface area is 105 Å². The first kappa shape index (κ1) is 12.2. The van der Waals surface area contributed by atoms with Crippen LogP contribution in [0.5, 0.6) is 0 Å². The minimum Gasteiger partial charge on any atom is -0.459 e. The SMILES string of the molecule is CC(=O)OCc1csc(-c2ccc([N+](=O)[O-])o2)n1. The zero-order valence-corrected chi connectivity index (χ0v) is 10.1. The van der Waals surface area contributed by atoms with Crippen molar-refractivity contribution in [3.05, 3.63) is 33.3 Å². The molecule has 2 heterocycles. The molecule has 18 heavy (non-hydrogen) atoms. The Morgan fingerprint density at radius 2 is 2.39 bits per heavy atom. The number of ether oxygens (including phenoxy) is 1. The topological polar surface area (TPSA) is 95.5 Å². The standard InChI is InChI=1S/C10H8N2O5S/c1-6(13)16-4-7-5-18-10(11-7)8-2-3-9(17-8)12(14)15/h2-3,5H,4H2,1H3. The number of thiazole rings is 1. The highest BCUT2D eigenvalue weighted by molar-refractivity contribution is 7.13. The Hall–Kier alpha value is -2.22. The van der Waals surface area contributed by atoms with Crippen molar-refractivity contribution in [3.8, 4) is 10.8 Å². The third-order valence-electron chi connectivity index (χ3n) is 1.96. The summed E-state index contributed by atoms with van der Waals surface area (Å²) in [5.74, 6) is -0.402. The molecule has 0 unspecified atom stereocenters. The second kappa shape index (κ2) is 4.96. The van der Waals surface area contributed by atoms with Crippen LogP contribution in [-0.4, -0.2) is 15.9 Å². The first-order valence-corrected chi connectivity index (χ1v) is 5.76. The predicted octanol–water partition coefficient (Wildman–Crippen LogP) is 2.37. The molecule has 0 spiro atoms. The van der Waals surface area contributed by atoms with Gasteiger partial charge in [0.2, 0.25) is 0 Å². The first-order valence-electron chi connectivity index (χ1n) is 4.88. The fraction of sp³-hybridized carbons (Fsp3) is 0.200. The highest BCUT2D eigenvalue weighted by Gasteiger charge is 2.15. The molecule has 8 heteroatoms. The van der Waals surface area contributed by atoms with Crippen molar-refractivity contribution in [2.24, 2.45) is 0 Å². The van der Waals surface area contributed by atoms with Gasteiger partial charge in [-0.3, -0.25) is 14.9 Å². The summed E-state index contributed by atoms with van der Waals surface area (Å²) >= 11 is 1.26. The van der Waals surface area contributed by atoms with Crippen LogP contribution in [0, 0.1) is 10.1 Å². The number of nitro groups is 1. The monoisotopic (exact) mass is 268 g/mol. The molecule has 2 rings (SSSR count). The molecular formula is C10H8N2O5S. The molecule has 0 bridgehead atoms. The first-order chi connectivity index (χ1) is 8.56. The van der Waals surface area contributed by atoms with Crippen LogP contribution in [-0.2, 0) is 16.1 Å². The van der Waals surface area contributed by atoms with Crippen molar-refractivity contribution < 1.29 is 18.9 Å². The molecule has 0 atom stereocenters. The Morgan fingerprint density at radius 3 is 3.00 bits per heavy atom. The highest BCUT2D eigenvalue weighted by Crippen LogP contribution is 2.28. The van der Waals surface area contributed by atoms with Gasteiger partial charge in [0.15, 0.2) is 10.8 Å². The number of nitrogens with zero attached hydrogens (tertiary/aromatic N) is 2. The molecule has 0 aliphatic carbocycles. The largest absolute Gasteiger partial charge is 0.459 e. The van der Waals surface area contributed by atoms with Crippen LogP contribution in [0.25, 0.3) is 10.8 Å². The summed E-state index contributed by atoms with van der Waals surface area (Å²) in [6.07, 6.45) is 0. The normalized spacial score (nSPS) is 10.3. The molecule has 0 aromatic carbocycles. The Bertz CT molecular complexity index is 589. The van der Waals surface area contributed by atoms with Crippen molar-refractivity contribution >= 4 is 23.2 Å². The molecule has 94 valence electrons. The van der Waals surface area contributed by atoms with Crippen molar-refractivity contribution in [1.82, 2.24) is 4.98 Å². The van der Waals surface area contributed by atoms with E-state index in [1.54, 1.807) is 5.38 Å². The lowest BCUT2D eigenvalue weighted by atomic mass is 10.4. The Morgan fingerprint density at radius 1 is 1.61 bits per heavy atom. The quantitative estimate of drug-likeness (QED) is 0.480. The number of rotatable bonds is 4. The Kier molecular flexibility index (Phi) is 3.38. The van der Waals surface area contributed by atoms with E-state index in [1.165, 1.54) is 30.4 Å². The highest BCUT2D eigenvalue weighted by atomic mass is 32.1. The van der Waals surface area contributed by atoms with Gasteiger partial charge in [-0.15, -0.1) is 11.3 Å². The third kappa shape index (κ3) is 2.72. The average molecular weight is 268 g/mol. The van der Waals surface area contributed by atoms with Crippen LogP contribution in [0.1, 0.15) is 12.6 Å². The van der Waals surface area contributed by atoms with Crippen LogP contribution in [0.2, 0.25) is 0 Å². The zero-order chi connectivity index (χ0) is 13.1. The van der Waals surface area contributed by atoms with Crippen molar-refractivity contribution in [2.75, 3.05) is 0 Å². The Balaban J connectivity index is 2.13. The number of hydrogen-bond acceptors (Lipinski definition) is 7. The van der Waals surface area contributed by atoms with Crippen LogP contribution in [0.15, 0.2) is 21.9 Å². The molecule has 2 aromatic heterocycles. The van der Waals surface area contributed by atoms with E-state index in [2.05, 4.69) is 4.98 Å². The van der Waals surface area contributed by atoms with Gasteiger partial charge in [0.25, 0.3) is 0 Å². The van der Waals surface area contributed by atoms with Gasteiger partial charge in [-0.25, -0.2) is 4.98 Å². The molecule has 0 saturated heterocycles. The number of carbonyl (C=O) groups excluding carboxylic acids is 1. The zero-order valence-electron chi connectivity index (χ0n) is 9.28. The maximum atomic E-state index is 10.6. The van der Waals surface area contributed by atoms with E-state index >= 15 is 0 Å². The maximum Gasteiger partial charge on any atom is 0.433 e. The fourth-order valence-corrected chi connectivity index (χ4v) is 1.97. The van der Waals surface area contributed by atoms with E-state index in [1.807, 2.05) is 0 Å². The summed E-state index contributed by atoms with van der Waals surface area (Å²) < 4.78 is 9.80. The predicted molar refractivity (Wildman–Crippen MR) is 61.9 cm³/mol. The van der Waals surface area contributed by atoms with Gasteiger partial charge in [-0.05, 0) is 6.07 Å². The number of furan rings is 1. The molecule has 0 saturated carbocycles. The van der Waals surface area contributed by atoms with Crippen molar-refractivity contribution in [1.29, 1.82) is 0 Å². The molecule has 0 fully saturated rings. The van der Waals surface area contributed by atoms with Gasteiger partial charge in [0.1, 0.15) is 11.5 Å². The summed E-state index contributed by atoms with van der Waals surface area (Å²) in [4.78, 5) is 24.6. The van der Waals surface area contributed by atoms with Crippen molar-refractivity contribution in [2.45, 2.75) is 13.5 Å². The van der Waals surface area contributed by atoms with Gasteiger partial charge in [0, 0.05) is 12.3 Å². The van der Waals surface area contributed by atoms with E-state index < -0.39 is 10.9 Å². The van der Waals surface area contributed by atoms with E-state index in [4.69, 9.17) is 9.15 Å². The van der Waals surface area contributed by atoms with Crippen LogP contribution in [0.3, 0.4) is 0 Å². The van der Waals surface area contributed by atoms with Gasteiger partial charge in [-0.1, -0.05) is 0 Å². The lowest BCUT2D eigenvalue weighted by molar-refractivity contribution is -0.401. The number of hydrogen-bond donors (Lipinski definition) is 0. The summed E-state index contributed by atoms with van der Waals surface area (Å²) in [6, 6.07) is 2.75. The molecule has 0 aliphatic rings. The fourth-order valence-electron chi connectivity index (χ4n) is 1.20. The smallest absolute Gasteiger partial charge is 0.433 e. The molecule has 0 aliphatic heterocycles. The van der Waals surface area contributed by atoms with E-state index in [-0.39, 0.29) is 12.5 Å². The van der Waals surface area contributed by atoms with Gasteiger partial charge >= 0.3 is 11.9 Å². The minimum absolute atomic E-state index is 0.0780. The van der Waals surface area contributed by atoms with Crippen LogP contribution < -0.4 is 0 Å². The van der Waals surface area contributed by atoms with Crippen LogP contribution in [0.4, 0.5) is 5.88 Å². The van der Waals surface area contributed by atoms with Crippen LogP contribution >= 0.6 is 11.3 Å². The number of carbonyl (C=O) groups is 1. The molecule has 0 N–H and O–H groups in total. The average Bonchev–Trinajstić information content (AvgIpc) is 2.95. The summed E-state index contributed by atoms with van der Waals surface area (Å²) in [5.41, 5.74) is 0.573. The second-order valence-corrected chi connectivity index (χ2v) is 4.18. The summed E-state index contributed by atoms with van der Waals surface area (Å²) in [5, 5.41) is 12.7. The minimum atomic E-state index is -0.614. The third-order valence-corrected chi connectivity index (χ3v) is 2.86. The van der Waals surface area contributed by atoms with Gasteiger partial charge < -0.3 is 9.15 Å². The van der Waals surface area contributed by atoms with E-state index in [0.717, 1.165) is 0 Å². The van der Waals surface area contributed by atoms with Gasteiger partial charge in [0.05, 0.1) is 11.8 Å². The number of aromatic nitrogens is 1. The summed E-state index contributed by atoms with van der Waals surface area (Å²) in [7, 11) is 0. The lowest BCUT2D eigenvalue weighted by Crippen LogP contribution is -1.98. The lowest BCUT2D eigenvalue weighted by Gasteiger charge is -1.96. The van der Waals surface area contributed by atoms with E-state index in [9.17, 15) is 14.9 Å². The second-order valence-electron chi connectivity index (χ2n) is 3.32. The summed E-state index contributed by atoms with van der Waals surface area (Å²) in [6.45, 7) is 1.39. The van der Waals surface area contributed by atoms with Gasteiger partial charge in [-0.2, -0.15) is 0 Å². The number of esters is 1. The molecule has 0 amide bonds. The molecule has 0 radical (unpaired) electrons. The van der Waals surface area contributed by atoms with Crippen molar-refractivity contribution in [3.63, 3.8) is 0 Å².